The zero-order valence-corrected chi connectivity index (χ0v) is 11.0. The summed E-state index contributed by atoms with van der Waals surface area (Å²) in [6.07, 6.45) is 0.926. The standard InChI is InChI=1S/C12H20N4O2/c1-4-8-15(9(2)3)11-7-5-6-10(14-13)12(11)16(17)18/h5-7,9,14H,4,8,13H2,1-3H3. The van der Waals surface area contributed by atoms with E-state index in [0.717, 1.165) is 13.0 Å². The molecule has 0 aromatic heterocycles. The van der Waals surface area contributed by atoms with E-state index in [1.807, 2.05) is 25.7 Å². The minimum absolute atomic E-state index is 0.0298. The van der Waals surface area contributed by atoms with Gasteiger partial charge in [0.1, 0.15) is 11.4 Å². The number of hydrogen-bond donors (Lipinski definition) is 2. The van der Waals surface area contributed by atoms with Gasteiger partial charge < -0.3 is 10.3 Å². The summed E-state index contributed by atoms with van der Waals surface area (Å²) in [5.74, 6) is 5.33. The SMILES string of the molecule is CCCN(c1cccc(NN)c1[N+](=O)[O-])C(C)C. The first-order valence-electron chi connectivity index (χ1n) is 6.03. The smallest absolute Gasteiger partial charge is 0.316 e. The van der Waals surface area contributed by atoms with Gasteiger partial charge in [0.25, 0.3) is 0 Å². The molecule has 0 radical (unpaired) electrons. The molecular weight excluding hydrogens is 232 g/mol. The lowest BCUT2D eigenvalue weighted by Crippen LogP contribution is -2.32. The largest absolute Gasteiger partial charge is 0.364 e. The summed E-state index contributed by atoms with van der Waals surface area (Å²) >= 11 is 0. The molecule has 0 heterocycles. The summed E-state index contributed by atoms with van der Waals surface area (Å²) in [5.41, 5.74) is 3.35. The predicted molar refractivity (Wildman–Crippen MR) is 73.7 cm³/mol. The van der Waals surface area contributed by atoms with Crippen molar-refractivity contribution in [1.29, 1.82) is 0 Å². The zero-order valence-electron chi connectivity index (χ0n) is 11.0. The number of hydrazine groups is 1. The van der Waals surface area contributed by atoms with Crippen LogP contribution in [-0.2, 0) is 0 Å². The summed E-state index contributed by atoms with van der Waals surface area (Å²) in [6.45, 7) is 6.85. The average Bonchev–Trinajstić information content (AvgIpc) is 2.34. The molecule has 1 aromatic rings. The number of rotatable bonds is 6. The Labute approximate surface area is 107 Å². The van der Waals surface area contributed by atoms with Crippen LogP contribution in [0.4, 0.5) is 17.1 Å². The van der Waals surface area contributed by atoms with Gasteiger partial charge in [0.2, 0.25) is 0 Å². The molecule has 6 nitrogen and oxygen atoms in total. The quantitative estimate of drug-likeness (QED) is 0.461. The van der Waals surface area contributed by atoms with Crippen LogP contribution >= 0.6 is 0 Å². The van der Waals surface area contributed by atoms with Crippen LogP contribution in [0, 0.1) is 10.1 Å². The fourth-order valence-corrected chi connectivity index (χ4v) is 1.97. The van der Waals surface area contributed by atoms with E-state index in [0.29, 0.717) is 11.4 Å². The molecule has 0 spiro atoms. The van der Waals surface area contributed by atoms with Crippen molar-refractivity contribution >= 4 is 17.1 Å². The highest BCUT2D eigenvalue weighted by Crippen LogP contribution is 2.35. The molecule has 0 aliphatic rings. The van der Waals surface area contributed by atoms with E-state index in [-0.39, 0.29) is 11.7 Å². The number of anilines is 2. The van der Waals surface area contributed by atoms with E-state index in [4.69, 9.17) is 5.84 Å². The third-order valence-electron chi connectivity index (χ3n) is 2.75. The molecule has 18 heavy (non-hydrogen) atoms. The van der Waals surface area contributed by atoms with Gasteiger partial charge >= 0.3 is 5.69 Å². The van der Waals surface area contributed by atoms with E-state index in [9.17, 15) is 10.1 Å². The summed E-state index contributed by atoms with van der Waals surface area (Å²) < 4.78 is 0. The van der Waals surface area contributed by atoms with Crippen molar-refractivity contribution in [3.63, 3.8) is 0 Å². The van der Waals surface area contributed by atoms with Crippen molar-refractivity contribution in [3.05, 3.63) is 28.3 Å². The highest BCUT2D eigenvalue weighted by Gasteiger charge is 2.24. The molecule has 0 bridgehead atoms. The van der Waals surface area contributed by atoms with Gasteiger partial charge in [0.15, 0.2) is 0 Å². The average molecular weight is 252 g/mol. The molecule has 1 rings (SSSR count). The van der Waals surface area contributed by atoms with Crippen LogP contribution in [0.5, 0.6) is 0 Å². The van der Waals surface area contributed by atoms with Gasteiger partial charge in [-0.2, -0.15) is 0 Å². The van der Waals surface area contributed by atoms with E-state index in [2.05, 4.69) is 5.43 Å². The molecule has 0 saturated carbocycles. The van der Waals surface area contributed by atoms with E-state index in [1.165, 1.54) is 0 Å². The van der Waals surface area contributed by atoms with Crippen molar-refractivity contribution in [2.75, 3.05) is 16.9 Å². The van der Waals surface area contributed by atoms with Gasteiger partial charge in [-0.15, -0.1) is 0 Å². The molecular formula is C12H20N4O2. The Bertz CT molecular complexity index is 421. The van der Waals surface area contributed by atoms with Gasteiger partial charge in [-0.05, 0) is 32.4 Å². The fraction of sp³-hybridized carbons (Fsp3) is 0.500. The third kappa shape index (κ3) is 2.89. The topological polar surface area (TPSA) is 84.4 Å². The molecule has 0 amide bonds. The number of hydrogen-bond acceptors (Lipinski definition) is 5. The normalized spacial score (nSPS) is 10.5. The number of nitrogens with two attached hydrogens (primary N) is 1. The summed E-state index contributed by atoms with van der Waals surface area (Å²) in [6, 6.07) is 5.32. The molecule has 0 fully saturated rings. The Morgan fingerprint density at radius 2 is 2.17 bits per heavy atom. The number of nitrogens with zero attached hydrogens (tertiary/aromatic N) is 2. The number of nitrogens with one attached hydrogen (secondary N) is 1. The summed E-state index contributed by atoms with van der Waals surface area (Å²) in [4.78, 5) is 12.8. The highest BCUT2D eigenvalue weighted by molar-refractivity contribution is 5.76. The molecule has 0 aliphatic carbocycles. The van der Waals surface area contributed by atoms with E-state index in [1.54, 1.807) is 18.2 Å². The molecule has 0 aliphatic heterocycles. The summed E-state index contributed by atoms with van der Waals surface area (Å²) in [5, 5.41) is 11.2. The monoisotopic (exact) mass is 252 g/mol. The fourth-order valence-electron chi connectivity index (χ4n) is 1.97. The van der Waals surface area contributed by atoms with Gasteiger partial charge in [-0.25, -0.2) is 0 Å². The predicted octanol–water partition coefficient (Wildman–Crippen LogP) is 2.51. The Morgan fingerprint density at radius 1 is 1.50 bits per heavy atom. The Kier molecular flexibility index (Phi) is 4.91. The molecule has 0 saturated heterocycles. The Balaban J connectivity index is 3.32. The number of benzene rings is 1. The highest BCUT2D eigenvalue weighted by atomic mass is 16.6. The van der Waals surface area contributed by atoms with Crippen LogP contribution in [0.15, 0.2) is 18.2 Å². The van der Waals surface area contributed by atoms with Crippen LogP contribution in [0.25, 0.3) is 0 Å². The molecule has 3 N–H and O–H groups in total. The first kappa shape index (κ1) is 14.2. The number of nitro groups is 1. The van der Waals surface area contributed by atoms with Crippen molar-refractivity contribution in [3.8, 4) is 0 Å². The molecule has 0 atom stereocenters. The summed E-state index contributed by atoms with van der Waals surface area (Å²) in [7, 11) is 0. The van der Waals surface area contributed by atoms with Gasteiger partial charge in [-0.3, -0.25) is 16.0 Å². The maximum Gasteiger partial charge on any atom is 0.316 e. The molecule has 6 heteroatoms. The first-order valence-corrected chi connectivity index (χ1v) is 6.03. The minimum atomic E-state index is -0.393. The van der Waals surface area contributed by atoms with E-state index >= 15 is 0 Å². The molecule has 100 valence electrons. The third-order valence-corrected chi connectivity index (χ3v) is 2.75. The van der Waals surface area contributed by atoms with Crippen molar-refractivity contribution < 1.29 is 4.92 Å². The van der Waals surface area contributed by atoms with Gasteiger partial charge in [-0.1, -0.05) is 13.0 Å². The van der Waals surface area contributed by atoms with Crippen LogP contribution in [0.2, 0.25) is 0 Å². The first-order chi connectivity index (χ1) is 8.52. The maximum absolute atomic E-state index is 11.2. The Morgan fingerprint density at radius 3 is 2.61 bits per heavy atom. The van der Waals surface area contributed by atoms with Crippen LogP contribution < -0.4 is 16.2 Å². The molecule has 1 aromatic carbocycles. The zero-order chi connectivity index (χ0) is 13.7. The number of nitrogen functional groups attached to an aromatic ring is 1. The number of para-hydroxylation sites is 1. The van der Waals surface area contributed by atoms with Crippen LogP contribution in [0.1, 0.15) is 27.2 Å². The van der Waals surface area contributed by atoms with Crippen LogP contribution in [-0.4, -0.2) is 17.5 Å². The van der Waals surface area contributed by atoms with Crippen molar-refractivity contribution in [2.45, 2.75) is 33.2 Å². The lowest BCUT2D eigenvalue weighted by molar-refractivity contribution is -0.383. The van der Waals surface area contributed by atoms with Gasteiger partial charge in [0.05, 0.1) is 4.92 Å². The lowest BCUT2D eigenvalue weighted by Gasteiger charge is -2.28. The second-order valence-corrected chi connectivity index (χ2v) is 4.36. The maximum atomic E-state index is 11.2. The second-order valence-electron chi connectivity index (χ2n) is 4.36. The molecule has 0 unspecified atom stereocenters. The van der Waals surface area contributed by atoms with Crippen LogP contribution in [0.3, 0.4) is 0 Å². The van der Waals surface area contributed by atoms with E-state index < -0.39 is 4.92 Å². The lowest BCUT2D eigenvalue weighted by atomic mass is 10.1. The van der Waals surface area contributed by atoms with Gasteiger partial charge in [0, 0.05) is 12.6 Å². The minimum Gasteiger partial charge on any atom is -0.364 e. The Hall–Kier alpha value is -1.82. The number of nitro benzene ring substituents is 1. The van der Waals surface area contributed by atoms with Crippen molar-refractivity contribution in [2.24, 2.45) is 5.84 Å². The van der Waals surface area contributed by atoms with Crippen molar-refractivity contribution in [1.82, 2.24) is 0 Å². The second kappa shape index (κ2) is 6.20.